The van der Waals surface area contributed by atoms with Gasteiger partial charge in [0.1, 0.15) is 0 Å². The molecule has 14 heavy (non-hydrogen) atoms. The summed E-state index contributed by atoms with van der Waals surface area (Å²) in [7, 11) is -1.38. The molecule has 82 valence electrons. The third-order valence-corrected chi connectivity index (χ3v) is 3.51. The Morgan fingerprint density at radius 3 is 2.64 bits per heavy atom. The molecule has 2 heteroatoms. The molecule has 0 spiro atoms. The molecule has 0 bridgehead atoms. The van der Waals surface area contributed by atoms with Crippen LogP contribution in [0.25, 0.3) is 0 Å². The highest BCUT2D eigenvalue weighted by Crippen LogP contribution is 2.26. The summed E-state index contributed by atoms with van der Waals surface area (Å²) in [5, 5.41) is 0. The van der Waals surface area contributed by atoms with Crippen molar-refractivity contribution in [3.63, 3.8) is 0 Å². The summed E-state index contributed by atoms with van der Waals surface area (Å²) in [5.41, 5.74) is 0. The highest BCUT2D eigenvalue weighted by molar-refractivity contribution is 6.70. The summed E-state index contributed by atoms with van der Waals surface area (Å²) in [4.78, 5) is 0. The maximum atomic E-state index is 6.09. The van der Waals surface area contributed by atoms with E-state index < -0.39 is 8.32 Å². The third-order valence-electron chi connectivity index (χ3n) is 2.63. The molecule has 0 aromatic rings. The van der Waals surface area contributed by atoms with Crippen molar-refractivity contribution in [3.8, 4) is 0 Å². The van der Waals surface area contributed by atoms with Crippen molar-refractivity contribution < 1.29 is 4.43 Å². The molecular formula is C12H24OSi. The SMILES string of the molecule is CC[C@@H]1C=C(O[Si](C)(C)C)CCCC1. The molecule has 0 heterocycles. The first-order chi connectivity index (χ1) is 6.51. The van der Waals surface area contributed by atoms with Gasteiger partial charge in [0.25, 0.3) is 0 Å². The first kappa shape index (κ1) is 11.8. The molecule has 1 nitrogen and oxygen atoms in total. The van der Waals surface area contributed by atoms with Gasteiger partial charge in [-0.25, -0.2) is 0 Å². The Morgan fingerprint density at radius 1 is 1.36 bits per heavy atom. The molecule has 0 amide bonds. The van der Waals surface area contributed by atoms with Crippen LogP contribution < -0.4 is 0 Å². The summed E-state index contributed by atoms with van der Waals surface area (Å²) < 4.78 is 6.09. The fourth-order valence-corrected chi connectivity index (χ4v) is 2.89. The molecule has 0 radical (unpaired) electrons. The predicted molar refractivity (Wildman–Crippen MR) is 64.8 cm³/mol. The summed E-state index contributed by atoms with van der Waals surface area (Å²) in [5.74, 6) is 2.05. The number of rotatable bonds is 3. The highest BCUT2D eigenvalue weighted by atomic mass is 28.4. The Labute approximate surface area is 89.7 Å². The normalized spacial score (nSPS) is 24.0. The topological polar surface area (TPSA) is 9.23 Å². The largest absolute Gasteiger partial charge is 0.548 e. The zero-order valence-corrected chi connectivity index (χ0v) is 11.1. The molecule has 0 unspecified atom stereocenters. The molecule has 1 atom stereocenters. The van der Waals surface area contributed by atoms with Gasteiger partial charge in [0, 0.05) is 6.42 Å². The molecule has 0 aromatic heterocycles. The second-order valence-corrected chi connectivity index (χ2v) is 9.69. The van der Waals surface area contributed by atoms with Gasteiger partial charge in [-0.2, -0.15) is 0 Å². The molecule has 1 rings (SSSR count). The van der Waals surface area contributed by atoms with Crippen molar-refractivity contribution in [1.29, 1.82) is 0 Å². The molecule has 0 fully saturated rings. The minimum absolute atomic E-state index is 0.767. The van der Waals surface area contributed by atoms with Crippen LogP contribution in [0.15, 0.2) is 11.8 Å². The summed E-state index contributed by atoms with van der Waals surface area (Å²) >= 11 is 0. The van der Waals surface area contributed by atoms with Crippen LogP contribution in [0, 0.1) is 5.92 Å². The van der Waals surface area contributed by atoms with E-state index in [1.165, 1.54) is 37.9 Å². The molecule has 0 saturated heterocycles. The van der Waals surface area contributed by atoms with Crippen LogP contribution >= 0.6 is 0 Å². The van der Waals surface area contributed by atoms with E-state index in [2.05, 4.69) is 32.6 Å². The Kier molecular flexibility index (Phi) is 4.23. The standard InChI is InChI=1S/C12H24OSi/c1-5-11-8-6-7-9-12(10-11)13-14(2,3)4/h10-11H,5-9H2,1-4H3/t11-/m0/s1. The molecule has 0 aliphatic heterocycles. The van der Waals surface area contributed by atoms with Gasteiger partial charge in [-0.05, 0) is 50.9 Å². The lowest BCUT2D eigenvalue weighted by Crippen LogP contribution is -2.24. The average molecular weight is 212 g/mol. The Bertz CT molecular complexity index is 203. The van der Waals surface area contributed by atoms with Gasteiger partial charge in [0.15, 0.2) is 0 Å². The molecule has 0 aromatic carbocycles. The lowest BCUT2D eigenvalue weighted by Gasteiger charge is -2.22. The Balaban J connectivity index is 2.60. The van der Waals surface area contributed by atoms with Crippen LogP contribution in [-0.2, 0) is 4.43 Å². The monoisotopic (exact) mass is 212 g/mol. The molecular weight excluding hydrogens is 188 g/mol. The van der Waals surface area contributed by atoms with Crippen molar-refractivity contribution in [2.24, 2.45) is 5.92 Å². The van der Waals surface area contributed by atoms with Crippen LogP contribution in [0.1, 0.15) is 39.0 Å². The summed E-state index contributed by atoms with van der Waals surface area (Å²) in [6, 6.07) is 0. The van der Waals surface area contributed by atoms with Crippen molar-refractivity contribution in [2.45, 2.75) is 58.7 Å². The average Bonchev–Trinajstić information content (AvgIpc) is 2.26. The van der Waals surface area contributed by atoms with Crippen LogP contribution in [0.4, 0.5) is 0 Å². The van der Waals surface area contributed by atoms with E-state index in [1.54, 1.807) is 0 Å². The maximum Gasteiger partial charge on any atom is 0.241 e. The lowest BCUT2D eigenvalue weighted by atomic mass is 10.0. The van der Waals surface area contributed by atoms with Gasteiger partial charge in [-0.15, -0.1) is 0 Å². The van der Waals surface area contributed by atoms with Gasteiger partial charge in [-0.1, -0.05) is 13.3 Å². The third kappa shape index (κ3) is 4.31. The van der Waals surface area contributed by atoms with Crippen molar-refractivity contribution >= 4 is 8.32 Å². The van der Waals surface area contributed by atoms with E-state index in [-0.39, 0.29) is 0 Å². The van der Waals surface area contributed by atoms with Gasteiger partial charge >= 0.3 is 0 Å². The second kappa shape index (κ2) is 5.01. The highest BCUT2D eigenvalue weighted by Gasteiger charge is 2.19. The van der Waals surface area contributed by atoms with Crippen molar-refractivity contribution in [2.75, 3.05) is 0 Å². The minimum atomic E-state index is -1.38. The van der Waals surface area contributed by atoms with Gasteiger partial charge in [-0.3, -0.25) is 0 Å². The summed E-state index contributed by atoms with van der Waals surface area (Å²) in [6.07, 6.45) is 8.86. The maximum absolute atomic E-state index is 6.09. The van der Waals surface area contributed by atoms with Gasteiger partial charge in [0.05, 0.1) is 5.76 Å². The van der Waals surface area contributed by atoms with Crippen LogP contribution in [0.3, 0.4) is 0 Å². The van der Waals surface area contributed by atoms with E-state index in [0.29, 0.717) is 0 Å². The van der Waals surface area contributed by atoms with Crippen LogP contribution in [-0.4, -0.2) is 8.32 Å². The fourth-order valence-electron chi connectivity index (χ4n) is 1.94. The van der Waals surface area contributed by atoms with E-state index in [4.69, 9.17) is 4.43 Å². The minimum Gasteiger partial charge on any atom is -0.548 e. The molecule has 0 N–H and O–H groups in total. The van der Waals surface area contributed by atoms with E-state index in [0.717, 1.165) is 5.92 Å². The summed E-state index contributed by atoms with van der Waals surface area (Å²) in [6.45, 7) is 9.07. The van der Waals surface area contributed by atoms with Gasteiger partial charge in [0.2, 0.25) is 8.32 Å². The Morgan fingerprint density at radius 2 is 2.07 bits per heavy atom. The molecule has 0 saturated carbocycles. The quantitative estimate of drug-likeness (QED) is 0.633. The van der Waals surface area contributed by atoms with E-state index in [9.17, 15) is 0 Å². The Hall–Kier alpha value is -0.243. The molecule has 1 aliphatic carbocycles. The van der Waals surface area contributed by atoms with Crippen LogP contribution in [0.2, 0.25) is 19.6 Å². The fraction of sp³-hybridized carbons (Fsp3) is 0.833. The first-order valence-corrected chi connectivity index (χ1v) is 9.32. The number of hydrogen-bond acceptors (Lipinski definition) is 1. The van der Waals surface area contributed by atoms with E-state index >= 15 is 0 Å². The lowest BCUT2D eigenvalue weighted by molar-refractivity contribution is 0.394. The zero-order chi connectivity index (χ0) is 10.6. The van der Waals surface area contributed by atoms with E-state index in [1.807, 2.05) is 0 Å². The van der Waals surface area contributed by atoms with Crippen molar-refractivity contribution in [1.82, 2.24) is 0 Å². The first-order valence-electron chi connectivity index (χ1n) is 5.91. The smallest absolute Gasteiger partial charge is 0.241 e. The molecule has 1 aliphatic rings. The van der Waals surface area contributed by atoms with Crippen molar-refractivity contribution in [3.05, 3.63) is 11.8 Å². The van der Waals surface area contributed by atoms with Gasteiger partial charge < -0.3 is 4.43 Å². The number of allylic oxidation sites excluding steroid dienone is 2. The van der Waals surface area contributed by atoms with Crippen LogP contribution in [0.5, 0.6) is 0 Å². The second-order valence-electron chi connectivity index (χ2n) is 5.26. The number of hydrogen-bond donors (Lipinski definition) is 0. The zero-order valence-electron chi connectivity index (χ0n) is 10.1. The predicted octanol–water partition coefficient (Wildman–Crippen LogP) is 4.32.